The minimum Gasteiger partial charge on any atom is -0.339 e. The van der Waals surface area contributed by atoms with Crippen molar-refractivity contribution in [3.8, 4) is 0 Å². The lowest BCUT2D eigenvalue weighted by Crippen LogP contribution is -2.37. The summed E-state index contributed by atoms with van der Waals surface area (Å²) < 4.78 is 0. The maximum Gasteiger partial charge on any atom is 0.222 e. The van der Waals surface area contributed by atoms with Gasteiger partial charge in [0.05, 0.1) is 0 Å². The molecule has 3 heteroatoms. The molecule has 0 saturated carbocycles. The molecule has 1 aliphatic rings. The molecule has 3 nitrogen and oxygen atoms in total. The molecule has 0 aliphatic carbocycles. The zero-order chi connectivity index (χ0) is 13.7. The van der Waals surface area contributed by atoms with Gasteiger partial charge in [-0.25, -0.2) is 0 Å². The fraction of sp³-hybridized carbons (Fsp3) is 0.562. The third-order valence-corrected chi connectivity index (χ3v) is 3.83. The summed E-state index contributed by atoms with van der Waals surface area (Å²) in [5, 5.41) is 0. The van der Waals surface area contributed by atoms with E-state index in [9.17, 15) is 4.79 Å². The van der Waals surface area contributed by atoms with Gasteiger partial charge < -0.3 is 10.6 Å². The molecule has 1 aromatic rings. The zero-order valence-electron chi connectivity index (χ0n) is 11.7. The molecule has 104 valence electrons. The first-order valence-corrected chi connectivity index (χ1v) is 7.26. The number of carbonyl (C=O) groups excluding carboxylic acids is 1. The smallest absolute Gasteiger partial charge is 0.222 e. The van der Waals surface area contributed by atoms with Gasteiger partial charge >= 0.3 is 0 Å². The molecule has 1 aliphatic heterocycles. The van der Waals surface area contributed by atoms with E-state index in [-0.39, 0.29) is 11.9 Å². The molecule has 19 heavy (non-hydrogen) atoms. The number of hydrogen-bond donors (Lipinski definition) is 1. The van der Waals surface area contributed by atoms with Crippen LogP contribution >= 0.6 is 0 Å². The summed E-state index contributed by atoms with van der Waals surface area (Å²) in [6.45, 7) is 2.87. The number of hydrogen-bond acceptors (Lipinski definition) is 2. The monoisotopic (exact) mass is 260 g/mol. The SMILES string of the molecule is CC(N)CCC(=O)N1CCCC1Cc1ccccc1. The Morgan fingerprint density at radius 3 is 2.84 bits per heavy atom. The molecular formula is C16H24N2O. The topological polar surface area (TPSA) is 46.3 Å². The second-order valence-electron chi connectivity index (χ2n) is 5.59. The second kappa shape index (κ2) is 6.71. The molecule has 2 N–H and O–H groups in total. The van der Waals surface area contributed by atoms with E-state index in [2.05, 4.69) is 29.2 Å². The Labute approximate surface area is 115 Å². The van der Waals surface area contributed by atoms with Crippen molar-refractivity contribution < 1.29 is 4.79 Å². The minimum absolute atomic E-state index is 0.110. The lowest BCUT2D eigenvalue weighted by Gasteiger charge is -2.25. The Kier molecular flexibility index (Phi) is 4.97. The molecule has 0 aromatic heterocycles. The summed E-state index contributed by atoms with van der Waals surface area (Å²) >= 11 is 0. The van der Waals surface area contributed by atoms with E-state index in [0.29, 0.717) is 12.5 Å². The third-order valence-electron chi connectivity index (χ3n) is 3.83. The van der Waals surface area contributed by atoms with Gasteiger partial charge in [0, 0.05) is 25.0 Å². The number of benzene rings is 1. The van der Waals surface area contributed by atoms with Gasteiger partial charge in [-0.15, -0.1) is 0 Å². The third kappa shape index (κ3) is 4.06. The van der Waals surface area contributed by atoms with Gasteiger partial charge in [0.25, 0.3) is 0 Å². The highest BCUT2D eigenvalue weighted by atomic mass is 16.2. The van der Waals surface area contributed by atoms with Gasteiger partial charge in [-0.05, 0) is 38.2 Å². The summed E-state index contributed by atoms with van der Waals surface area (Å²) in [5.41, 5.74) is 7.05. The van der Waals surface area contributed by atoms with E-state index in [1.165, 1.54) is 5.56 Å². The van der Waals surface area contributed by atoms with Gasteiger partial charge in [0.1, 0.15) is 0 Å². The Morgan fingerprint density at radius 1 is 1.42 bits per heavy atom. The molecule has 2 unspecified atom stereocenters. The molecule has 0 spiro atoms. The lowest BCUT2D eigenvalue weighted by atomic mass is 10.0. The van der Waals surface area contributed by atoms with Crippen molar-refractivity contribution in [2.75, 3.05) is 6.54 Å². The van der Waals surface area contributed by atoms with Crippen LogP contribution in [0.3, 0.4) is 0 Å². The number of nitrogens with two attached hydrogens (primary N) is 1. The quantitative estimate of drug-likeness (QED) is 0.883. The molecule has 1 heterocycles. The van der Waals surface area contributed by atoms with Crippen LogP contribution in [0.2, 0.25) is 0 Å². The Bertz CT molecular complexity index is 402. The first-order chi connectivity index (χ1) is 9.16. The summed E-state index contributed by atoms with van der Waals surface area (Å²) in [4.78, 5) is 14.3. The molecule has 0 radical (unpaired) electrons. The first-order valence-electron chi connectivity index (χ1n) is 7.26. The van der Waals surface area contributed by atoms with E-state index in [4.69, 9.17) is 5.73 Å². The van der Waals surface area contributed by atoms with Gasteiger partial charge in [0.15, 0.2) is 0 Å². The van der Waals surface area contributed by atoms with Crippen LogP contribution in [0.5, 0.6) is 0 Å². The van der Waals surface area contributed by atoms with Crippen molar-refractivity contribution in [1.82, 2.24) is 4.90 Å². The van der Waals surface area contributed by atoms with Crippen LogP contribution in [0.25, 0.3) is 0 Å². The van der Waals surface area contributed by atoms with Gasteiger partial charge in [0.2, 0.25) is 5.91 Å². The predicted molar refractivity (Wildman–Crippen MR) is 77.8 cm³/mol. The Balaban J connectivity index is 1.91. The number of nitrogens with zero attached hydrogens (tertiary/aromatic N) is 1. The number of likely N-dealkylation sites (tertiary alicyclic amines) is 1. The van der Waals surface area contributed by atoms with Crippen molar-refractivity contribution in [3.05, 3.63) is 35.9 Å². The maximum atomic E-state index is 12.2. The molecule has 1 amide bonds. The largest absolute Gasteiger partial charge is 0.339 e. The van der Waals surface area contributed by atoms with Crippen LogP contribution < -0.4 is 5.73 Å². The minimum atomic E-state index is 0.110. The molecule has 2 atom stereocenters. The van der Waals surface area contributed by atoms with Crippen molar-refractivity contribution in [3.63, 3.8) is 0 Å². The van der Waals surface area contributed by atoms with Crippen LogP contribution in [-0.4, -0.2) is 29.4 Å². The van der Waals surface area contributed by atoms with Crippen LogP contribution in [0.15, 0.2) is 30.3 Å². The van der Waals surface area contributed by atoms with Crippen molar-refractivity contribution in [1.29, 1.82) is 0 Å². The van der Waals surface area contributed by atoms with Gasteiger partial charge in [-0.3, -0.25) is 4.79 Å². The van der Waals surface area contributed by atoms with E-state index in [0.717, 1.165) is 32.2 Å². The highest BCUT2D eigenvalue weighted by molar-refractivity contribution is 5.76. The average Bonchev–Trinajstić information content (AvgIpc) is 2.85. The predicted octanol–water partition coefficient (Wildman–Crippen LogP) is 2.35. The van der Waals surface area contributed by atoms with E-state index in [1.54, 1.807) is 0 Å². The van der Waals surface area contributed by atoms with Crippen molar-refractivity contribution in [2.45, 2.75) is 51.1 Å². The van der Waals surface area contributed by atoms with Crippen LogP contribution in [0, 0.1) is 0 Å². The highest BCUT2D eigenvalue weighted by Crippen LogP contribution is 2.22. The van der Waals surface area contributed by atoms with Gasteiger partial charge in [-0.2, -0.15) is 0 Å². The molecule has 0 bridgehead atoms. The maximum absolute atomic E-state index is 12.2. The fourth-order valence-corrected chi connectivity index (χ4v) is 2.76. The molecule has 1 aromatic carbocycles. The van der Waals surface area contributed by atoms with E-state index in [1.807, 2.05) is 13.0 Å². The molecule has 1 saturated heterocycles. The Morgan fingerprint density at radius 2 is 2.16 bits per heavy atom. The standard InChI is InChI=1S/C16H24N2O/c1-13(17)9-10-16(19)18-11-5-8-15(18)12-14-6-3-2-4-7-14/h2-4,6-7,13,15H,5,8-12,17H2,1H3. The van der Waals surface area contributed by atoms with Crippen molar-refractivity contribution >= 4 is 5.91 Å². The number of carbonyl (C=O) groups is 1. The average molecular weight is 260 g/mol. The second-order valence-corrected chi connectivity index (χ2v) is 5.59. The van der Waals surface area contributed by atoms with E-state index < -0.39 is 0 Å². The number of rotatable bonds is 5. The van der Waals surface area contributed by atoms with Crippen LogP contribution in [-0.2, 0) is 11.2 Å². The Hall–Kier alpha value is -1.35. The summed E-state index contributed by atoms with van der Waals surface area (Å²) in [6, 6.07) is 10.9. The molecule has 2 rings (SSSR count). The highest BCUT2D eigenvalue weighted by Gasteiger charge is 2.28. The lowest BCUT2D eigenvalue weighted by molar-refractivity contribution is -0.132. The fourth-order valence-electron chi connectivity index (χ4n) is 2.76. The molecule has 1 fully saturated rings. The number of amides is 1. The first kappa shape index (κ1) is 14.1. The van der Waals surface area contributed by atoms with Gasteiger partial charge in [-0.1, -0.05) is 30.3 Å². The summed E-state index contributed by atoms with van der Waals surface area (Å²) in [5.74, 6) is 0.274. The molecular weight excluding hydrogens is 236 g/mol. The normalized spacial score (nSPS) is 20.5. The van der Waals surface area contributed by atoms with E-state index >= 15 is 0 Å². The summed E-state index contributed by atoms with van der Waals surface area (Å²) in [6.07, 6.45) is 4.60. The van der Waals surface area contributed by atoms with Crippen molar-refractivity contribution in [2.24, 2.45) is 5.73 Å². The van der Waals surface area contributed by atoms with Crippen LogP contribution in [0.1, 0.15) is 38.2 Å². The van der Waals surface area contributed by atoms with Crippen LogP contribution in [0.4, 0.5) is 0 Å². The zero-order valence-corrected chi connectivity index (χ0v) is 11.7. The summed E-state index contributed by atoms with van der Waals surface area (Å²) in [7, 11) is 0.